The van der Waals surface area contributed by atoms with Crippen LogP contribution in [0.2, 0.25) is 0 Å². The molecule has 4 rings (SSSR count). The number of carbonyl (C=O) groups excluding carboxylic acids is 1. The number of para-hydroxylation sites is 1. The van der Waals surface area contributed by atoms with Crippen molar-refractivity contribution in [3.8, 4) is 11.5 Å². The average Bonchev–Trinajstić information content (AvgIpc) is 2.83. The van der Waals surface area contributed by atoms with Crippen LogP contribution in [-0.2, 0) is 24.4 Å². The van der Waals surface area contributed by atoms with Crippen molar-refractivity contribution in [1.82, 2.24) is 9.88 Å². The van der Waals surface area contributed by atoms with E-state index in [2.05, 4.69) is 19.1 Å². The number of fused-ring (bicyclic) bond motifs is 2. The fourth-order valence-corrected chi connectivity index (χ4v) is 4.44. The minimum absolute atomic E-state index is 0.0155. The van der Waals surface area contributed by atoms with Crippen LogP contribution >= 0.6 is 0 Å². The van der Waals surface area contributed by atoms with Gasteiger partial charge < -0.3 is 19.5 Å². The number of hydrogen-bond donors (Lipinski definition) is 1. The Bertz CT molecular complexity index is 1200. The molecule has 0 fully saturated rings. The number of amides is 1. The second-order valence-electron chi connectivity index (χ2n) is 10.0. The van der Waals surface area contributed by atoms with E-state index >= 15 is 0 Å². The molecular formula is C29H36N2O4. The predicted molar refractivity (Wildman–Crippen MR) is 138 cm³/mol. The van der Waals surface area contributed by atoms with Crippen LogP contribution in [0.15, 0.2) is 42.5 Å². The zero-order chi connectivity index (χ0) is 25.0. The van der Waals surface area contributed by atoms with Gasteiger partial charge in [-0.1, -0.05) is 31.5 Å². The van der Waals surface area contributed by atoms with Crippen LogP contribution in [0.3, 0.4) is 0 Å². The summed E-state index contributed by atoms with van der Waals surface area (Å²) in [6.45, 7) is 9.79. The lowest BCUT2D eigenvalue weighted by Gasteiger charge is -2.31. The van der Waals surface area contributed by atoms with Crippen molar-refractivity contribution < 1.29 is 19.4 Å². The first kappa shape index (κ1) is 25.0. The summed E-state index contributed by atoms with van der Waals surface area (Å²) < 4.78 is 12.4. The Morgan fingerprint density at radius 3 is 2.71 bits per heavy atom. The summed E-state index contributed by atoms with van der Waals surface area (Å²) in [6.07, 6.45) is 3.00. The number of aliphatic hydroxyl groups is 1. The van der Waals surface area contributed by atoms with Crippen LogP contribution in [0.5, 0.6) is 11.5 Å². The van der Waals surface area contributed by atoms with Gasteiger partial charge in [-0.2, -0.15) is 0 Å². The molecule has 0 radical (unpaired) electrons. The first-order valence-corrected chi connectivity index (χ1v) is 12.5. The van der Waals surface area contributed by atoms with E-state index in [0.29, 0.717) is 26.3 Å². The summed E-state index contributed by atoms with van der Waals surface area (Å²) in [7, 11) is 0. The maximum atomic E-state index is 12.5. The van der Waals surface area contributed by atoms with Crippen molar-refractivity contribution >= 4 is 16.8 Å². The monoisotopic (exact) mass is 476 g/mol. The van der Waals surface area contributed by atoms with E-state index in [1.807, 2.05) is 42.2 Å². The highest BCUT2D eigenvalue weighted by molar-refractivity contribution is 5.86. The third kappa shape index (κ3) is 6.12. The van der Waals surface area contributed by atoms with E-state index in [1.165, 1.54) is 5.56 Å². The number of carbonyl (C=O) groups is 1. The van der Waals surface area contributed by atoms with E-state index in [0.717, 1.165) is 58.5 Å². The normalized spacial score (nSPS) is 13.6. The van der Waals surface area contributed by atoms with Gasteiger partial charge in [0, 0.05) is 24.0 Å². The topological polar surface area (TPSA) is 71.9 Å². The number of ether oxygens (including phenoxy) is 2. The molecule has 2 heterocycles. The van der Waals surface area contributed by atoms with Gasteiger partial charge in [-0.05, 0) is 69.0 Å². The number of rotatable bonds is 9. The van der Waals surface area contributed by atoms with Gasteiger partial charge in [-0.3, -0.25) is 4.79 Å². The Morgan fingerprint density at radius 2 is 1.94 bits per heavy atom. The molecule has 1 aliphatic heterocycles. The van der Waals surface area contributed by atoms with Crippen molar-refractivity contribution in [1.29, 1.82) is 0 Å². The van der Waals surface area contributed by atoms with Gasteiger partial charge in [-0.25, -0.2) is 4.98 Å². The van der Waals surface area contributed by atoms with Gasteiger partial charge in [0.1, 0.15) is 18.1 Å². The molecular weight excluding hydrogens is 440 g/mol. The molecule has 0 saturated heterocycles. The highest BCUT2D eigenvalue weighted by Crippen LogP contribution is 2.32. The van der Waals surface area contributed by atoms with Crippen molar-refractivity contribution in [3.05, 3.63) is 64.8 Å². The minimum atomic E-state index is -0.995. The lowest BCUT2D eigenvalue weighted by molar-refractivity contribution is -0.136. The molecule has 6 heteroatoms. The summed E-state index contributed by atoms with van der Waals surface area (Å²) in [5.41, 5.74) is 4.12. The van der Waals surface area contributed by atoms with Crippen molar-refractivity contribution in [2.24, 2.45) is 0 Å². The van der Waals surface area contributed by atoms with Crippen LogP contribution in [0.25, 0.3) is 10.9 Å². The molecule has 6 nitrogen and oxygen atoms in total. The summed E-state index contributed by atoms with van der Waals surface area (Å²) >= 11 is 0. The molecule has 1 aromatic heterocycles. The largest absolute Gasteiger partial charge is 0.493 e. The van der Waals surface area contributed by atoms with Crippen LogP contribution in [0.4, 0.5) is 0 Å². The van der Waals surface area contributed by atoms with E-state index < -0.39 is 5.60 Å². The predicted octanol–water partition coefficient (Wildman–Crippen LogP) is 5.35. The van der Waals surface area contributed by atoms with Gasteiger partial charge in [0.25, 0.3) is 0 Å². The quantitative estimate of drug-likeness (QED) is 0.422. The summed E-state index contributed by atoms with van der Waals surface area (Å²) in [5, 5.41) is 11.0. The molecule has 1 aliphatic rings. The molecule has 0 saturated carbocycles. The molecule has 2 aromatic carbocycles. The smallest absolute Gasteiger partial charge is 0.225 e. The van der Waals surface area contributed by atoms with E-state index in [9.17, 15) is 9.90 Å². The summed E-state index contributed by atoms with van der Waals surface area (Å²) in [6, 6.07) is 14.1. The maximum Gasteiger partial charge on any atom is 0.225 e. The van der Waals surface area contributed by atoms with Crippen molar-refractivity contribution in [2.45, 2.75) is 72.1 Å². The number of pyridine rings is 1. The highest BCUT2D eigenvalue weighted by Gasteiger charge is 2.26. The number of aromatic nitrogens is 1. The molecule has 0 atom stereocenters. The van der Waals surface area contributed by atoms with E-state index in [1.54, 1.807) is 13.8 Å². The Balaban J connectivity index is 1.47. The lowest BCUT2D eigenvalue weighted by atomic mass is 9.98. The Labute approximate surface area is 207 Å². The van der Waals surface area contributed by atoms with Gasteiger partial charge in [0.2, 0.25) is 5.91 Å². The van der Waals surface area contributed by atoms with Gasteiger partial charge in [0.15, 0.2) is 0 Å². The maximum absolute atomic E-state index is 12.5. The summed E-state index contributed by atoms with van der Waals surface area (Å²) in [4.78, 5) is 19.2. The molecule has 1 N–H and O–H groups in total. The molecule has 1 amide bonds. The van der Waals surface area contributed by atoms with Crippen LogP contribution < -0.4 is 9.47 Å². The molecule has 0 unspecified atom stereocenters. The zero-order valence-electron chi connectivity index (χ0n) is 21.3. The highest BCUT2D eigenvalue weighted by atomic mass is 16.5. The molecule has 186 valence electrons. The second-order valence-corrected chi connectivity index (χ2v) is 10.0. The van der Waals surface area contributed by atoms with E-state index in [-0.39, 0.29) is 12.3 Å². The van der Waals surface area contributed by atoms with Crippen molar-refractivity contribution in [3.63, 3.8) is 0 Å². The Hall–Kier alpha value is -3.12. The number of benzene rings is 2. The zero-order valence-corrected chi connectivity index (χ0v) is 21.3. The molecule has 35 heavy (non-hydrogen) atoms. The fourth-order valence-electron chi connectivity index (χ4n) is 4.44. The number of hydrogen-bond acceptors (Lipinski definition) is 5. The second kappa shape index (κ2) is 10.6. The summed E-state index contributed by atoms with van der Waals surface area (Å²) in [5.74, 6) is 1.67. The number of nitrogens with zero attached hydrogens (tertiary/aromatic N) is 2. The van der Waals surface area contributed by atoms with Crippen LogP contribution in [0, 0.1) is 6.92 Å². The Kier molecular flexibility index (Phi) is 7.60. The fraction of sp³-hybridized carbons (Fsp3) is 0.448. The Morgan fingerprint density at radius 1 is 1.14 bits per heavy atom. The minimum Gasteiger partial charge on any atom is -0.493 e. The van der Waals surface area contributed by atoms with Crippen LogP contribution in [-0.4, -0.2) is 39.7 Å². The lowest BCUT2D eigenvalue weighted by Crippen LogP contribution is -2.39. The third-order valence-electron chi connectivity index (χ3n) is 6.42. The first-order valence-electron chi connectivity index (χ1n) is 12.5. The van der Waals surface area contributed by atoms with Gasteiger partial charge >= 0.3 is 0 Å². The van der Waals surface area contributed by atoms with E-state index in [4.69, 9.17) is 14.5 Å². The number of unbranched alkanes of at least 4 members (excludes halogenated alkanes) is 1. The molecule has 0 spiro atoms. The van der Waals surface area contributed by atoms with Gasteiger partial charge in [0.05, 0.1) is 29.8 Å². The SMILES string of the molecule is CCCCOc1c(C)c(COc2ccc3c(c2)CCN(C(=O)CC(C)(C)O)C3)nc2ccccc12. The van der Waals surface area contributed by atoms with Crippen LogP contribution in [0.1, 0.15) is 62.4 Å². The standard InChI is InChI=1S/C29H36N2O4/c1-5-6-15-34-28-20(2)26(30-25-10-8-7-9-24(25)28)19-35-23-12-11-22-18-31(14-13-21(22)16-23)27(32)17-29(3,4)33/h7-12,16,33H,5-6,13-15,17-19H2,1-4H3. The van der Waals surface area contributed by atoms with Gasteiger partial charge in [-0.15, -0.1) is 0 Å². The molecule has 0 bridgehead atoms. The molecule has 3 aromatic rings. The van der Waals surface area contributed by atoms with Crippen molar-refractivity contribution in [2.75, 3.05) is 13.2 Å². The molecule has 0 aliphatic carbocycles. The first-order chi connectivity index (χ1) is 16.7. The third-order valence-corrected chi connectivity index (χ3v) is 6.42. The average molecular weight is 477 g/mol.